The summed E-state index contributed by atoms with van der Waals surface area (Å²) in [6.45, 7) is 0.647. The summed E-state index contributed by atoms with van der Waals surface area (Å²) in [6.07, 6.45) is 0.901. The van der Waals surface area contributed by atoms with Crippen molar-refractivity contribution in [3.63, 3.8) is 0 Å². The summed E-state index contributed by atoms with van der Waals surface area (Å²) in [5.41, 5.74) is 3.77. The summed E-state index contributed by atoms with van der Waals surface area (Å²) in [7, 11) is 0. The van der Waals surface area contributed by atoms with Gasteiger partial charge in [0, 0.05) is 0 Å². The first kappa shape index (κ1) is 11.2. The maximum absolute atomic E-state index is 4.76. The lowest BCUT2D eigenvalue weighted by atomic mass is 10.0. The predicted molar refractivity (Wildman–Crippen MR) is 70.5 cm³/mol. The van der Waals surface area contributed by atoms with E-state index >= 15 is 0 Å². The molecule has 0 aliphatic rings. The van der Waals surface area contributed by atoms with Crippen LogP contribution in [0.15, 0.2) is 54.6 Å². The number of hydrogen-bond acceptors (Lipinski definition) is 2. The van der Waals surface area contributed by atoms with Gasteiger partial charge in [-0.1, -0.05) is 54.6 Å². The molecule has 0 fully saturated rings. The molecule has 0 unspecified atom stereocenters. The number of thiol groups is 1. The van der Waals surface area contributed by atoms with E-state index in [-0.39, 0.29) is 0 Å². The van der Waals surface area contributed by atoms with Gasteiger partial charge < -0.3 is 4.18 Å². The van der Waals surface area contributed by atoms with E-state index < -0.39 is 0 Å². The third-order valence-electron chi connectivity index (χ3n) is 2.54. The van der Waals surface area contributed by atoms with Crippen molar-refractivity contribution >= 4 is 12.9 Å². The average Bonchev–Trinajstić information content (AvgIpc) is 2.38. The minimum absolute atomic E-state index is 0.647. The summed E-state index contributed by atoms with van der Waals surface area (Å²) < 4.78 is 4.76. The molecular formula is C14H14OS. The predicted octanol–water partition coefficient (Wildman–Crippen LogP) is 3.76. The number of benzene rings is 2. The van der Waals surface area contributed by atoms with Crippen LogP contribution in [0.3, 0.4) is 0 Å². The van der Waals surface area contributed by atoms with Gasteiger partial charge in [-0.3, -0.25) is 0 Å². The maximum atomic E-state index is 4.76. The highest BCUT2D eigenvalue weighted by molar-refractivity contribution is 7.75. The zero-order chi connectivity index (χ0) is 11.2. The van der Waals surface area contributed by atoms with E-state index in [0.717, 1.165) is 6.42 Å². The van der Waals surface area contributed by atoms with E-state index in [1.165, 1.54) is 16.7 Å². The largest absolute Gasteiger partial charge is 0.318 e. The second-order valence-corrected chi connectivity index (χ2v) is 3.90. The molecule has 2 aromatic carbocycles. The van der Waals surface area contributed by atoms with Crippen LogP contribution < -0.4 is 0 Å². The molecule has 16 heavy (non-hydrogen) atoms. The van der Waals surface area contributed by atoms with Gasteiger partial charge in [0.25, 0.3) is 0 Å². The average molecular weight is 230 g/mol. The Morgan fingerprint density at radius 1 is 0.812 bits per heavy atom. The van der Waals surface area contributed by atoms with Gasteiger partial charge in [-0.25, -0.2) is 0 Å². The maximum Gasteiger partial charge on any atom is 0.0650 e. The molecule has 0 bridgehead atoms. The van der Waals surface area contributed by atoms with Crippen molar-refractivity contribution in [2.45, 2.75) is 6.42 Å². The van der Waals surface area contributed by atoms with Crippen LogP contribution in [0.1, 0.15) is 5.56 Å². The number of hydrogen-bond donors (Lipinski definition) is 1. The SMILES string of the molecule is SOCCc1ccc(-c2ccccc2)cc1. The Morgan fingerprint density at radius 2 is 1.44 bits per heavy atom. The molecule has 82 valence electrons. The third kappa shape index (κ3) is 2.87. The zero-order valence-electron chi connectivity index (χ0n) is 8.97. The van der Waals surface area contributed by atoms with Crippen molar-refractivity contribution in [1.29, 1.82) is 0 Å². The van der Waals surface area contributed by atoms with Crippen LogP contribution in [0.2, 0.25) is 0 Å². The van der Waals surface area contributed by atoms with E-state index in [1.54, 1.807) is 0 Å². The standard InChI is InChI=1S/C14H14OS/c16-15-11-10-12-6-8-14(9-7-12)13-4-2-1-3-5-13/h1-9,16H,10-11H2. The van der Waals surface area contributed by atoms with Crippen LogP contribution in [0.4, 0.5) is 0 Å². The molecule has 0 saturated heterocycles. The molecule has 0 N–H and O–H groups in total. The molecular weight excluding hydrogens is 216 g/mol. The summed E-state index contributed by atoms with van der Waals surface area (Å²) >= 11 is 3.73. The minimum Gasteiger partial charge on any atom is -0.318 e. The summed E-state index contributed by atoms with van der Waals surface area (Å²) in [4.78, 5) is 0. The Labute approximate surface area is 102 Å². The first-order chi connectivity index (χ1) is 7.90. The molecule has 0 aliphatic heterocycles. The molecule has 0 radical (unpaired) electrons. The fraction of sp³-hybridized carbons (Fsp3) is 0.143. The van der Waals surface area contributed by atoms with Crippen LogP contribution >= 0.6 is 12.9 Å². The molecule has 2 aromatic rings. The fourth-order valence-electron chi connectivity index (χ4n) is 1.66. The fourth-order valence-corrected chi connectivity index (χ4v) is 1.75. The molecule has 0 saturated carbocycles. The van der Waals surface area contributed by atoms with E-state index in [0.29, 0.717) is 6.61 Å². The highest BCUT2D eigenvalue weighted by Crippen LogP contribution is 2.19. The summed E-state index contributed by atoms with van der Waals surface area (Å²) in [6, 6.07) is 18.9. The van der Waals surface area contributed by atoms with Crippen LogP contribution in [0.25, 0.3) is 11.1 Å². The molecule has 2 rings (SSSR count). The normalized spacial score (nSPS) is 10.3. The van der Waals surface area contributed by atoms with E-state index in [9.17, 15) is 0 Å². The molecule has 0 aliphatic carbocycles. The second kappa shape index (κ2) is 5.73. The van der Waals surface area contributed by atoms with Gasteiger partial charge in [-0.2, -0.15) is 0 Å². The molecule has 0 heterocycles. The van der Waals surface area contributed by atoms with Gasteiger partial charge >= 0.3 is 0 Å². The molecule has 2 heteroatoms. The van der Waals surface area contributed by atoms with Gasteiger partial charge in [0.15, 0.2) is 0 Å². The lowest BCUT2D eigenvalue weighted by Crippen LogP contribution is -1.91. The monoisotopic (exact) mass is 230 g/mol. The smallest absolute Gasteiger partial charge is 0.0650 e. The highest BCUT2D eigenvalue weighted by Gasteiger charge is 1.97. The molecule has 0 amide bonds. The molecule has 0 spiro atoms. The quantitative estimate of drug-likeness (QED) is 0.621. The lowest BCUT2D eigenvalue weighted by Gasteiger charge is -2.03. The van der Waals surface area contributed by atoms with E-state index in [1.807, 2.05) is 6.07 Å². The van der Waals surface area contributed by atoms with Gasteiger partial charge in [-0.05, 0) is 36.0 Å². The molecule has 1 nitrogen and oxygen atoms in total. The topological polar surface area (TPSA) is 9.23 Å². The lowest BCUT2D eigenvalue weighted by molar-refractivity contribution is 0.387. The van der Waals surface area contributed by atoms with Gasteiger partial charge in [0.2, 0.25) is 0 Å². The van der Waals surface area contributed by atoms with E-state index in [4.69, 9.17) is 4.18 Å². The van der Waals surface area contributed by atoms with Gasteiger partial charge in [-0.15, -0.1) is 0 Å². The number of rotatable bonds is 4. The summed E-state index contributed by atoms with van der Waals surface area (Å²) in [5.74, 6) is 0. The zero-order valence-corrected chi connectivity index (χ0v) is 9.86. The van der Waals surface area contributed by atoms with Crippen molar-refractivity contribution in [2.24, 2.45) is 0 Å². The summed E-state index contributed by atoms with van der Waals surface area (Å²) in [5, 5.41) is 0. The van der Waals surface area contributed by atoms with E-state index in [2.05, 4.69) is 61.4 Å². The van der Waals surface area contributed by atoms with Gasteiger partial charge in [0.05, 0.1) is 6.61 Å². The first-order valence-electron chi connectivity index (χ1n) is 5.31. The Bertz CT molecular complexity index is 422. The van der Waals surface area contributed by atoms with Crippen molar-refractivity contribution in [3.8, 4) is 11.1 Å². The van der Waals surface area contributed by atoms with Crippen molar-refractivity contribution in [3.05, 3.63) is 60.2 Å². The van der Waals surface area contributed by atoms with Crippen LogP contribution in [0, 0.1) is 0 Å². The van der Waals surface area contributed by atoms with Crippen molar-refractivity contribution < 1.29 is 4.18 Å². The second-order valence-electron chi connectivity index (χ2n) is 3.65. The van der Waals surface area contributed by atoms with Crippen molar-refractivity contribution in [1.82, 2.24) is 0 Å². The Morgan fingerprint density at radius 3 is 2.06 bits per heavy atom. The third-order valence-corrected chi connectivity index (χ3v) is 2.73. The van der Waals surface area contributed by atoms with Crippen LogP contribution in [-0.2, 0) is 10.6 Å². The van der Waals surface area contributed by atoms with Crippen LogP contribution in [-0.4, -0.2) is 6.61 Å². The van der Waals surface area contributed by atoms with Crippen molar-refractivity contribution in [2.75, 3.05) is 6.61 Å². The first-order valence-corrected chi connectivity index (χ1v) is 5.67. The van der Waals surface area contributed by atoms with Crippen LogP contribution in [0.5, 0.6) is 0 Å². The molecule has 0 aromatic heterocycles. The Kier molecular flexibility index (Phi) is 4.03. The molecule has 0 atom stereocenters. The Hall–Kier alpha value is -1.25. The highest BCUT2D eigenvalue weighted by atomic mass is 32.1. The van der Waals surface area contributed by atoms with Gasteiger partial charge in [0.1, 0.15) is 0 Å². The minimum atomic E-state index is 0.647. The Balaban J connectivity index is 2.13.